The van der Waals surface area contributed by atoms with Crippen LogP contribution in [0.4, 0.5) is 14.5 Å². The number of hydrogen-bond acceptors (Lipinski definition) is 13. The lowest BCUT2D eigenvalue weighted by Crippen LogP contribution is -2.45. The number of carbonyl (C=O) groups is 3. The van der Waals surface area contributed by atoms with Crippen LogP contribution in [0.1, 0.15) is 100 Å². The Kier molecular flexibility index (Phi) is 19.5. The fourth-order valence-corrected chi connectivity index (χ4v) is 11.9. The molecule has 1 unspecified atom stereocenters. The molecule has 6 aromatic rings. The van der Waals surface area contributed by atoms with Crippen molar-refractivity contribution < 1.29 is 42.1 Å². The minimum absolute atomic E-state index is 0.0499. The summed E-state index contributed by atoms with van der Waals surface area (Å²) in [5, 5.41) is 33.4. The number of nitrogens with one attached hydrogen (secondary N) is 4. The number of thiophene rings is 1. The van der Waals surface area contributed by atoms with Gasteiger partial charge >= 0.3 is 0 Å². The van der Waals surface area contributed by atoms with Crippen LogP contribution in [0.5, 0.6) is 5.75 Å². The molecule has 0 spiro atoms. The molecule has 0 bridgehead atoms. The van der Waals surface area contributed by atoms with Crippen LogP contribution < -0.4 is 26.0 Å². The Morgan fingerprint density at radius 3 is 2.20 bits per heavy atom. The Hall–Kier alpha value is -6.34. The molecule has 2 aliphatic heterocycles. The van der Waals surface area contributed by atoms with Gasteiger partial charge in [0.05, 0.1) is 81.7 Å². The third kappa shape index (κ3) is 13.2. The molecule has 8 rings (SSSR count). The summed E-state index contributed by atoms with van der Waals surface area (Å²) >= 11 is 20.3. The fraction of sp³-hybridized carbons (Fsp3) is 0.397. The summed E-state index contributed by atoms with van der Waals surface area (Å²) in [6.07, 6.45) is 0.345. The molecule has 3 amide bonds. The molecule has 5 atom stereocenters. The lowest BCUT2D eigenvalue weighted by atomic mass is 9.62. The summed E-state index contributed by atoms with van der Waals surface area (Å²) in [6.45, 7) is 14.0. The number of nitriles is 1. The van der Waals surface area contributed by atoms with Crippen LogP contribution >= 0.6 is 46.1 Å². The van der Waals surface area contributed by atoms with E-state index in [0.29, 0.717) is 29.9 Å². The molecule has 1 saturated heterocycles. The van der Waals surface area contributed by atoms with E-state index in [1.165, 1.54) is 55.6 Å². The molecule has 0 aliphatic carbocycles. The molecule has 80 heavy (non-hydrogen) atoms. The van der Waals surface area contributed by atoms with Gasteiger partial charge in [0.25, 0.3) is 5.91 Å². The van der Waals surface area contributed by atoms with Gasteiger partial charge in [0.2, 0.25) is 11.8 Å². The first-order valence-corrected chi connectivity index (χ1v) is 27.9. The number of fused-ring (bicyclic) bond motifs is 3. The van der Waals surface area contributed by atoms with Crippen LogP contribution in [0.2, 0.25) is 15.1 Å². The quantitative estimate of drug-likeness (QED) is 0.0471. The monoisotopic (exact) mass is 1170 g/mol. The molecule has 2 aromatic heterocycles. The number of ether oxygens (including phenoxy) is 4. The third-order valence-corrected chi connectivity index (χ3v) is 16.0. The van der Waals surface area contributed by atoms with Crippen LogP contribution in [-0.2, 0) is 29.2 Å². The minimum atomic E-state index is -1.82. The number of rotatable bonds is 22. The Bertz CT molecular complexity index is 3330. The molecule has 22 heteroatoms. The zero-order valence-electron chi connectivity index (χ0n) is 45.3. The normalized spacial score (nSPS) is 18.6. The number of aryl methyl sites for hydroxylation is 2. The van der Waals surface area contributed by atoms with Crippen molar-refractivity contribution in [2.75, 3.05) is 65.2 Å². The predicted molar refractivity (Wildman–Crippen MR) is 305 cm³/mol. The van der Waals surface area contributed by atoms with Gasteiger partial charge in [-0.05, 0) is 92.3 Å². The molecule has 4 aromatic carbocycles. The molecule has 4 heterocycles. The second-order valence-electron chi connectivity index (χ2n) is 20.6. The van der Waals surface area contributed by atoms with Gasteiger partial charge in [0, 0.05) is 62.2 Å². The average molecular weight is 1170 g/mol. The third-order valence-electron chi connectivity index (χ3n) is 14.0. The Labute approximate surface area is 482 Å². The fourth-order valence-electron chi connectivity index (χ4n) is 10.2. The average Bonchev–Trinajstić information content (AvgIpc) is 4.24. The first kappa shape index (κ1) is 59.8. The second kappa shape index (κ2) is 26.1. The van der Waals surface area contributed by atoms with Crippen molar-refractivity contribution >= 4 is 75.3 Å². The van der Waals surface area contributed by atoms with Gasteiger partial charge in [0.15, 0.2) is 5.82 Å². The summed E-state index contributed by atoms with van der Waals surface area (Å²) in [5.74, 6) is -2.77. The van der Waals surface area contributed by atoms with E-state index in [4.69, 9.17) is 58.7 Å². The lowest BCUT2D eigenvalue weighted by molar-refractivity contribution is -0.121. The highest BCUT2D eigenvalue weighted by molar-refractivity contribution is 7.15. The maximum atomic E-state index is 16.2. The summed E-state index contributed by atoms with van der Waals surface area (Å²) in [4.78, 5) is 47.4. The number of benzene rings is 4. The Morgan fingerprint density at radius 1 is 0.863 bits per heavy atom. The smallest absolute Gasteiger partial charge is 0.251 e. The summed E-state index contributed by atoms with van der Waals surface area (Å²) in [5.41, 5.74) is 1.81. The minimum Gasteiger partial charge on any atom is -0.495 e. The van der Waals surface area contributed by atoms with Crippen molar-refractivity contribution in [3.63, 3.8) is 0 Å². The molecule has 0 radical (unpaired) electrons. The number of amides is 3. The summed E-state index contributed by atoms with van der Waals surface area (Å²) < 4.78 is 56.8. The van der Waals surface area contributed by atoms with E-state index in [0.717, 1.165) is 38.3 Å². The molecular formula is C58H62Cl3F2N9O7S. The number of hydrogen-bond donors (Lipinski definition) is 4. The van der Waals surface area contributed by atoms with Gasteiger partial charge < -0.3 is 40.2 Å². The van der Waals surface area contributed by atoms with Gasteiger partial charge in [0.1, 0.15) is 39.7 Å². The Balaban J connectivity index is 0.776. The van der Waals surface area contributed by atoms with Gasteiger partial charge in [-0.3, -0.25) is 23.9 Å². The standard InChI is InChI=1S/C58H62Cl3F2N9O7S/c1-32-33(2)80-56-48(32)51(35-11-14-37(59)15-12-35)67-44(53-71-70-34(3)72(53)56)29-47(73)65-19-21-77-23-25-79-26-24-78-22-20-66-54(74)36-13-18-43(45(27-36)76-7)68-55(75)52-49(39-9-8-10-41(61)50(39)63)58(31-64,46(69-52)30-57(4,5)6)40-17-16-38(60)28-42(40)62/h8-18,27-28,44,46,49,52,69H,19-26,29-30H2,1-7H3,(H,65,73)(H,66,74)(H,68,75)/t44?,46-,49-,52+,58-/m0/s1. The van der Waals surface area contributed by atoms with Crippen LogP contribution in [0.15, 0.2) is 83.9 Å². The van der Waals surface area contributed by atoms with E-state index in [2.05, 4.69) is 51.4 Å². The number of aliphatic imine (C=N–C) groups is 1. The van der Waals surface area contributed by atoms with Crippen LogP contribution in [0, 0.1) is 49.2 Å². The second-order valence-corrected chi connectivity index (χ2v) is 23.1. The summed E-state index contributed by atoms with van der Waals surface area (Å²) in [7, 11) is 1.38. The molecule has 16 nitrogen and oxygen atoms in total. The first-order valence-electron chi connectivity index (χ1n) is 26.0. The highest BCUT2D eigenvalue weighted by atomic mass is 35.5. The number of methoxy groups -OCH3 is 1. The number of nitrogens with zero attached hydrogens (tertiary/aromatic N) is 5. The molecule has 0 saturated carbocycles. The number of anilines is 1. The SMILES string of the molecule is COc1cc(C(=O)NCCOCCOCCOCCNC(=O)CC2N=C(c3ccc(Cl)cc3)c3c(sc(C)c3C)-n3c(C)nnc32)ccc1NC(=O)[C@@H]1N[C@@H](CC(C)(C)C)[C@](C#N)(c2ccc(Cl)cc2F)[C@H]1c1cccc(Cl)c1F. The Morgan fingerprint density at radius 2 is 1.54 bits per heavy atom. The largest absolute Gasteiger partial charge is 0.495 e. The van der Waals surface area contributed by atoms with Crippen molar-refractivity contribution in [1.82, 2.24) is 30.7 Å². The number of aromatic nitrogens is 3. The number of carbonyl (C=O) groups excluding carboxylic acids is 3. The lowest BCUT2D eigenvalue weighted by Gasteiger charge is -2.37. The zero-order valence-corrected chi connectivity index (χ0v) is 48.4. The molecular weight excluding hydrogens is 1110 g/mol. The molecule has 1 fully saturated rings. The van der Waals surface area contributed by atoms with Crippen LogP contribution in [-0.4, -0.2) is 110 Å². The van der Waals surface area contributed by atoms with Gasteiger partial charge in [-0.15, -0.1) is 21.5 Å². The predicted octanol–water partition coefficient (Wildman–Crippen LogP) is 10.3. The van der Waals surface area contributed by atoms with Crippen molar-refractivity contribution in [1.29, 1.82) is 5.26 Å². The maximum Gasteiger partial charge on any atom is 0.251 e. The summed E-state index contributed by atoms with van der Waals surface area (Å²) in [6, 6.07) is 19.8. The molecule has 422 valence electrons. The van der Waals surface area contributed by atoms with Crippen molar-refractivity contribution in [2.24, 2.45) is 10.4 Å². The van der Waals surface area contributed by atoms with E-state index < -0.39 is 58.3 Å². The van der Waals surface area contributed by atoms with Crippen molar-refractivity contribution in [2.45, 2.75) is 83.8 Å². The van der Waals surface area contributed by atoms with Gasteiger partial charge in [-0.2, -0.15) is 5.26 Å². The zero-order chi connectivity index (χ0) is 57.5. The van der Waals surface area contributed by atoms with Crippen molar-refractivity contribution in [3.8, 4) is 16.8 Å². The van der Waals surface area contributed by atoms with Crippen molar-refractivity contribution in [3.05, 3.63) is 155 Å². The topological polar surface area (TPSA) is 203 Å². The van der Waals surface area contributed by atoms with E-state index in [1.807, 2.05) is 56.5 Å². The van der Waals surface area contributed by atoms with E-state index >= 15 is 8.78 Å². The highest BCUT2D eigenvalue weighted by Crippen LogP contribution is 2.53. The van der Waals surface area contributed by atoms with Crippen LogP contribution in [0.3, 0.4) is 0 Å². The maximum absolute atomic E-state index is 16.2. The van der Waals surface area contributed by atoms with Gasteiger partial charge in [-0.1, -0.05) is 85.9 Å². The number of halogens is 5. The van der Waals surface area contributed by atoms with Crippen LogP contribution in [0.25, 0.3) is 5.00 Å². The first-order chi connectivity index (χ1) is 38.3. The van der Waals surface area contributed by atoms with Gasteiger partial charge in [-0.25, -0.2) is 8.78 Å². The molecule has 4 N–H and O–H groups in total. The van der Waals surface area contributed by atoms with E-state index in [1.54, 1.807) is 11.3 Å². The highest BCUT2D eigenvalue weighted by Gasteiger charge is 2.61. The van der Waals surface area contributed by atoms with E-state index in [-0.39, 0.29) is 96.4 Å². The molecule has 2 aliphatic rings. The van der Waals surface area contributed by atoms with E-state index in [9.17, 15) is 19.6 Å².